The van der Waals surface area contributed by atoms with Crippen molar-refractivity contribution in [3.63, 3.8) is 0 Å². The number of benzene rings is 2. The normalized spacial score (nSPS) is 16.4. The first-order chi connectivity index (χ1) is 13.5. The van der Waals surface area contributed by atoms with Crippen LogP contribution in [0.5, 0.6) is 0 Å². The summed E-state index contributed by atoms with van der Waals surface area (Å²) in [6.07, 6.45) is 2.36. The fourth-order valence-corrected chi connectivity index (χ4v) is 5.30. The lowest BCUT2D eigenvalue weighted by Gasteiger charge is -2.36. The third kappa shape index (κ3) is 3.92. The van der Waals surface area contributed by atoms with Crippen molar-refractivity contribution in [2.24, 2.45) is 0 Å². The van der Waals surface area contributed by atoms with Gasteiger partial charge in [-0.2, -0.15) is 5.26 Å². The van der Waals surface area contributed by atoms with E-state index in [9.17, 15) is 13.7 Å². The van der Waals surface area contributed by atoms with E-state index in [1.165, 1.54) is 0 Å². The Balaban J connectivity index is 1.63. The molecule has 0 saturated heterocycles. The van der Waals surface area contributed by atoms with Crippen molar-refractivity contribution >= 4 is 27.0 Å². The van der Waals surface area contributed by atoms with Gasteiger partial charge in [0, 0.05) is 29.3 Å². The quantitative estimate of drug-likeness (QED) is 0.699. The number of aromatic nitrogens is 1. The van der Waals surface area contributed by atoms with Crippen molar-refractivity contribution < 1.29 is 8.42 Å². The molecule has 142 valence electrons. The van der Waals surface area contributed by atoms with Crippen LogP contribution in [0, 0.1) is 11.3 Å². The Morgan fingerprint density at radius 2 is 2.07 bits per heavy atom. The number of rotatable bonds is 5. The molecule has 28 heavy (non-hydrogen) atoms. The van der Waals surface area contributed by atoms with Crippen molar-refractivity contribution in [1.82, 2.24) is 9.71 Å². The van der Waals surface area contributed by atoms with Crippen LogP contribution in [0.1, 0.15) is 16.0 Å². The van der Waals surface area contributed by atoms with Crippen molar-refractivity contribution in [2.75, 3.05) is 11.4 Å². The zero-order valence-electron chi connectivity index (χ0n) is 14.9. The maximum atomic E-state index is 12.8. The number of hydrogen-bond donors (Lipinski definition) is 1. The molecule has 0 saturated carbocycles. The number of nitrogens with one attached hydrogen (secondary N) is 1. The lowest BCUT2D eigenvalue weighted by Crippen LogP contribution is -2.48. The largest absolute Gasteiger partial charge is 0.364 e. The molecule has 0 aliphatic carbocycles. The van der Waals surface area contributed by atoms with E-state index in [4.69, 9.17) is 0 Å². The predicted molar refractivity (Wildman–Crippen MR) is 109 cm³/mol. The molecular formula is C20H18N4O2S2. The van der Waals surface area contributed by atoms with Crippen LogP contribution in [0.15, 0.2) is 65.1 Å². The highest BCUT2D eigenvalue weighted by molar-refractivity contribution is 7.89. The first-order valence-corrected chi connectivity index (χ1v) is 11.1. The summed E-state index contributed by atoms with van der Waals surface area (Å²) in [5, 5.41) is 9.23. The van der Waals surface area contributed by atoms with Crippen molar-refractivity contribution in [1.29, 1.82) is 5.26 Å². The lowest BCUT2D eigenvalue weighted by atomic mass is 9.96. The zero-order valence-corrected chi connectivity index (χ0v) is 16.6. The SMILES string of the molecule is N#Cc1ccc2c(c1)C[C@@H](NS(=O)(=O)c1ccccc1)CN2Cc1cncs1. The molecule has 0 unspecified atom stereocenters. The molecule has 1 atom stereocenters. The second-order valence-corrected chi connectivity index (χ2v) is 9.32. The third-order valence-corrected chi connectivity index (χ3v) is 6.96. The topological polar surface area (TPSA) is 86.1 Å². The molecule has 1 N–H and O–H groups in total. The first kappa shape index (κ1) is 18.6. The van der Waals surface area contributed by atoms with Crippen LogP contribution in [-0.2, 0) is 23.0 Å². The van der Waals surface area contributed by atoms with Gasteiger partial charge in [0.05, 0.1) is 28.6 Å². The van der Waals surface area contributed by atoms with Gasteiger partial charge in [-0.1, -0.05) is 18.2 Å². The number of hydrogen-bond acceptors (Lipinski definition) is 6. The van der Waals surface area contributed by atoms with E-state index in [0.717, 1.165) is 16.1 Å². The molecule has 2 aromatic carbocycles. The number of anilines is 1. The lowest BCUT2D eigenvalue weighted by molar-refractivity contribution is 0.525. The second-order valence-electron chi connectivity index (χ2n) is 6.64. The summed E-state index contributed by atoms with van der Waals surface area (Å²) in [5.74, 6) is 0. The van der Waals surface area contributed by atoms with Crippen LogP contribution in [0.4, 0.5) is 5.69 Å². The van der Waals surface area contributed by atoms with Gasteiger partial charge in [-0.3, -0.25) is 4.98 Å². The Morgan fingerprint density at radius 3 is 2.79 bits per heavy atom. The Hall–Kier alpha value is -2.73. The Morgan fingerprint density at radius 1 is 1.25 bits per heavy atom. The maximum Gasteiger partial charge on any atom is 0.240 e. The van der Waals surface area contributed by atoms with E-state index in [0.29, 0.717) is 25.1 Å². The highest BCUT2D eigenvalue weighted by Gasteiger charge is 2.28. The number of nitriles is 1. The van der Waals surface area contributed by atoms with Crippen LogP contribution >= 0.6 is 11.3 Å². The average Bonchev–Trinajstić information content (AvgIpc) is 3.21. The van der Waals surface area contributed by atoms with Gasteiger partial charge in [0.2, 0.25) is 10.0 Å². The maximum absolute atomic E-state index is 12.8. The summed E-state index contributed by atoms with van der Waals surface area (Å²) in [7, 11) is -3.61. The number of thiazole rings is 1. The molecule has 3 aromatic rings. The number of sulfonamides is 1. The minimum absolute atomic E-state index is 0.251. The van der Waals surface area contributed by atoms with Crippen LogP contribution in [0.2, 0.25) is 0 Å². The molecule has 2 heterocycles. The van der Waals surface area contributed by atoms with Crippen molar-refractivity contribution in [3.8, 4) is 6.07 Å². The smallest absolute Gasteiger partial charge is 0.240 e. The van der Waals surface area contributed by atoms with E-state index >= 15 is 0 Å². The molecule has 0 radical (unpaired) electrons. The zero-order chi connectivity index (χ0) is 19.6. The van der Waals surface area contributed by atoms with Crippen molar-refractivity contribution in [2.45, 2.75) is 23.9 Å². The van der Waals surface area contributed by atoms with E-state index in [-0.39, 0.29) is 10.9 Å². The van der Waals surface area contributed by atoms with Gasteiger partial charge in [-0.05, 0) is 42.3 Å². The minimum atomic E-state index is -3.61. The first-order valence-electron chi connectivity index (χ1n) is 8.78. The monoisotopic (exact) mass is 410 g/mol. The molecule has 6 nitrogen and oxygen atoms in total. The molecule has 1 aliphatic rings. The Labute approximate surface area is 168 Å². The Bertz CT molecular complexity index is 1110. The van der Waals surface area contributed by atoms with E-state index < -0.39 is 10.0 Å². The molecule has 0 spiro atoms. The molecule has 4 rings (SSSR count). The van der Waals surface area contributed by atoms with Crippen LogP contribution < -0.4 is 9.62 Å². The molecule has 0 amide bonds. The molecule has 1 aliphatic heterocycles. The molecule has 0 fully saturated rings. The van der Waals surface area contributed by atoms with Gasteiger partial charge >= 0.3 is 0 Å². The summed E-state index contributed by atoms with van der Waals surface area (Å²) < 4.78 is 28.4. The second kappa shape index (κ2) is 7.72. The predicted octanol–water partition coefficient (Wildman–Crippen LogP) is 2.92. The van der Waals surface area contributed by atoms with Crippen LogP contribution in [0.25, 0.3) is 0 Å². The summed E-state index contributed by atoms with van der Waals surface area (Å²) in [6, 6.07) is 15.8. The fourth-order valence-electron chi connectivity index (χ4n) is 3.45. The molecule has 1 aromatic heterocycles. The van der Waals surface area contributed by atoms with Crippen LogP contribution in [0.3, 0.4) is 0 Å². The molecule has 8 heteroatoms. The fraction of sp³-hybridized carbons (Fsp3) is 0.200. The van der Waals surface area contributed by atoms with E-state index in [2.05, 4.69) is 20.7 Å². The minimum Gasteiger partial charge on any atom is -0.364 e. The van der Waals surface area contributed by atoms with Gasteiger partial charge in [0.15, 0.2) is 0 Å². The standard InChI is InChI=1S/C20H18N4O2S2/c21-10-15-6-7-20-16(8-15)9-17(12-24(20)13-18-11-22-14-27-18)23-28(25,26)19-4-2-1-3-5-19/h1-8,11,14,17,23H,9,12-13H2/t17-/m1/s1. The molecule has 0 bridgehead atoms. The average molecular weight is 411 g/mol. The highest BCUT2D eigenvalue weighted by atomic mass is 32.2. The van der Waals surface area contributed by atoms with Crippen molar-refractivity contribution in [3.05, 3.63) is 76.2 Å². The third-order valence-electron chi connectivity index (χ3n) is 4.66. The summed E-state index contributed by atoms with van der Waals surface area (Å²) in [6.45, 7) is 1.19. The van der Waals surface area contributed by atoms with Gasteiger partial charge < -0.3 is 4.90 Å². The molecular weight excluding hydrogens is 392 g/mol. The van der Waals surface area contributed by atoms with Gasteiger partial charge in [0.25, 0.3) is 0 Å². The summed E-state index contributed by atoms with van der Waals surface area (Å²) in [5.41, 5.74) is 4.36. The van der Waals surface area contributed by atoms with Crippen LogP contribution in [-0.4, -0.2) is 26.0 Å². The van der Waals surface area contributed by atoms with Gasteiger partial charge in [-0.25, -0.2) is 13.1 Å². The summed E-state index contributed by atoms with van der Waals surface area (Å²) >= 11 is 1.57. The Kier molecular flexibility index (Phi) is 5.13. The number of nitrogens with zero attached hydrogens (tertiary/aromatic N) is 3. The van der Waals surface area contributed by atoms with Gasteiger partial charge in [-0.15, -0.1) is 11.3 Å². The number of fused-ring (bicyclic) bond motifs is 1. The van der Waals surface area contributed by atoms with Gasteiger partial charge in [0.1, 0.15) is 0 Å². The summed E-state index contributed by atoms with van der Waals surface area (Å²) in [4.78, 5) is 7.62. The van der Waals surface area contributed by atoms with E-state index in [1.807, 2.05) is 18.3 Å². The van der Waals surface area contributed by atoms with E-state index in [1.54, 1.807) is 53.2 Å². The highest BCUT2D eigenvalue weighted by Crippen LogP contribution is 2.30.